The quantitative estimate of drug-likeness (QED) is 0.412. The number of anilines is 2. The van der Waals surface area contributed by atoms with Crippen molar-refractivity contribution in [2.45, 2.75) is 38.5 Å². The molecule has 0 spiro atoms. The van der Waals surface area contributed by atoms with E-state index < -0.39 is 0 Å². The van der Waals surface area contributed by atoms with Gasteiger partial charge >= 0.3 is 29.6 Å². The van der Waals surface area contributed by atoms with Crippen LogP contribution in [0.25, 0.3) is 0 Å². The third-order valence-corrected chi connectivity index (χ3v) is 6.03. The number of amides is 2. The van der Waals surface area contributed by atoms with Crippen LogP contribution >= 0.6 is 43.5 Å². The maximum Gasteiger partial charge on any atom is 1.00 e. The predicted molar refractivity (Wildman–Crippen MR) is 140 cm³/mol. The summed E-state index contributed by atoms with van der Waals surface area (Å²) in [7, 11) is 0. The number of hydrogen-bond acceptors (Lipinski definition) is 3. The molecule has 9 heteroatoms. The molecule has 33 heavy (non-hydrogen) atoms. The molecule has 2 amide bonds. The minimum atomic E-state index is 0. The fraction of sp³-hybridized carbons (Fsp3) is 0.417. The van der Waals surface area contributed by atoms with Gasteiger partial charge in [0.05, 0.1) is 0 Å². The van der Waals surface area contributed by atoms with Crippen LogP contribution in [0.1, 0.15) is 40.0 Å². The molecule has 176 valence electrons. The molecule has 0 aromatic heterocycles. The van der Waals surface area contributed by atoms with Crippen LogP contribution in [0, 0.1) is 0 Å². The van der Waals surface area contributed by atoms with Crippen molar-refractivity contribution >= 4 is 66.6 Å². The molecule has 0 saturated carbocycles. The van der Waals surface area contributed by atoms with E-state index in [9.17, 15) is 9.59 Å². The zero-order valence-corrected chi connectivity index (χ0v) is 24.9. The molecule has 0 atom stereocenters. The average molecular weight is 613 g/mol. The van der Waals surface area contributed by atoms with Crippen molar-refractivity contribution in [3.8, 4) is 0 Å². The molecule has 2 aromatic rings. The molecule has 2 aliphatic rings. The SMILES string of the molecule is C1CCOC1.O=C(CCCCl)Nc1ccc(Br)cc1.O=C1CCCN1c1ccc(Br)cc1.[H-].[Na+]. The van der Waals surface area contributed by atoms with Gasteiger partial charge in [-0.3, -0.25) is 9.59 Å². The van der Waals surface area contributed by atoms with Crippen LogP contribution in [0.2, 0.25) is 0 Å². The zero-order valence-electron chi connectivity index (χ0n) is 20.0. The van der Waals surface area contributed by atoms with Crippen LogP contribution in [0.15, 0.2) is 57.5 Å². The molecule has 0 aliphatic carbocycles. The maximum atomic E-state index is 11.4. The van der Waals surface area contributed by atoms with Crippen LogP contribution in [-0.2, 0) is 14.3 Å². The molecule has 2 fully saturated rings. The zero-order chi connectivity index (χ0) is 23.2. The first-order valence-corrected chi connectivity index (χ1v) is 12.9. The largest absolute Gasteiger partial charge is 1.00 e. The fourth-order valence-electron chi connectivity index (χ4n) is 3.04. The molecule has 0 unspecified atom stereocenters. The molecule has 2 aliphatic heterocycles. The van der Waals surface area contributed by atoms with E-state index in [4.69, 9.17) is 16.3 Å². The van der Waals surface area contributed by atoms with Crippen molar-refractivity contribution < 1.29 is 45.3 Å². The van der Waals surface area contributed by atoms with Crippen LogP contribution in [0.3, 0.4) is 0 Å². The van der Waals surface area contributed by atoms with Gasteiger partial charge < -0.3 is 16.4 Å². The third-order valence-electron chi connectivity index (χ3n) is 4.70. The Balaban J connectivity index is 0.000000508. The van der Waals surface area contributed by atoms with Gasteiger partial charge in [-0.25, -0.2) is 0 Å². The summed E-state index contributed by atoms with van der Waals surface area (Å²) < 4.78 is 6.99. The number of benzene rings is 2. The fourth-order valence-corrected chi connectivity index (χ4v) is 3.70. The third kappa shape index (κ3) is 12.7. The van der Waals surface area contributed by atoms with Crippen LogP contribution in [-0.4, -0.2) is 37.5 Å². The van der Waals surface area contributed by atoms with E-state index in [0.717, 1.165) is 46.5 Å². The van der Waals surface area contributed by atoms with E-state index in [0.29, 0.717) is 25.1 Å². The van der Waals surface area contributed by atoms with Crippen LogP contribution < -0.4 is 39.8 Å². The molecule has 2 saturated heterocycles. The van der Waals surface area contributed by atoms with Crippen molar-refractivity contribution in [1.82, 2.24) is 0 Å². The Morgan fingerprint density at radius 2 is 1.58 bits per heavy atom. The summed E-state index contributed by atoms with van der Waals surface area (Å²) >= 11 is 12.2. The molecule has 0 bridgehead atoms. The number of ether oxygens (including phenoxy) is 1. The maximum absolute atomic E-state index is 11.4. The monoisotopic (exact) mass is 610 g/mol. The van der Waals surface area contributed by atoms with E-state index in [1.54, 1.807) is 0 Å². The van der Waals surface area contributed by atoms with Crippen molar-refractivity contribution in [3.05, 3.63) is 57.5 Å². The van der Waals surface area contributed by atoms with E-state index in [2.05, 4.69) is 37.2 Å². The Bertz CT molecular complexity index is 834. The predicted octanol–water partition coefficient (Wildman–Crippen LogP) is 3.90. The number of carbonyl (C=O) groups excluding carboxylic acids is 2. The van der Waals surface area contributed by atoms with E-state index in [-0.39, 0.29) is 42.8 Å². The summed E-state index contributed by atoms with van der Waals surface area (Å²) in [4.78, 5) is 24.5. The standard InChI is InChI=1S/C10H11BrClNO.C10H10BrNO.C4H8O.Na.H/c11-8-3-5-9(6-4-8)13-10(14)2-1-7-12;11-8-3-5-9(6-4-8)12-7-1-2-10(12)13;1-2-4-5-3-1;;/h3-6H,1-2,7H2,(H,13,14);3-6H,1-2,7H2;1-4H2;;/q;;;+1;-1. The normalized spacial score (nSPS) is 14.4. The minimum Gasteiger partial charge on any atom is -1.00 e. The van der Waals surface area contributed by atoms with Gasteiger partial charge in [-0.05, 0) is 74.2 Å². The molecule has 2 aromatic carbocycles. The second-order valence-corrected chi connectivity index (χ2v) is 9.50. The smallest absolute Gasteiger partial charge is 1.00 e. The van der Waals surface area contributed by atoms with Crippen molar-refractivity contribution in [3.63, 3.8) is 0 Å². The summed E-state index contributed by atoms with van der Waals surface area (Å²) in [6, 6.07) is 15.3. The first-order valence-electron chi connectivity index (χ1n) is 10.7. The second kappa shape index (κ2) is 17.9. The minimum absolute atomic E-state index is 0. The number of alkyl halides is 1. The van der Waals surface area contributed by atoms with Gasteiger partial charge in [0, 0.05) is 58.8 Å². The summed E-state index contributed by atoms with van der Waals surface area (Å²) in [6.45, 7) is 2.86. The van der Waals surface area contributed by atoms with E-state index in [1.165, 1.54) is 12.8 Å². The Kier molecular flexibility index (Phi) is 16.6. The number of carbonyl (C=O) groups is 2. The van der Waals surface area contributed by atoms with E-state index in [1.807, 2.05) is 53.4 Å². The number of hydrogen-bond donors (Lipinski definition) is 1. The Morgan fingerprint density at radius 3 is 2.03 bits per heavy atom. The second-order valence-electron chi connectivity index (χ2n) is 7.29. The van der Waals surface area contributed by atoms with E-state index >= 15 is 0 Å². The number of nitrogens with one attached hydrogen (secondary N) is 1. The van der Waals surface area contributed by atoms with Crippen molar-refractivity contribution in [2.24, 2.45) is 0 Å². The van der Waals surface area contributed by atoms with Gasteiger partial charge in [0.25, 0.3) is 0 Å². The van der Waals surface area contributed by atoms with Crippen molar-refractivity contribution in [2.75, 3.05) is 35.9 Å². The molecular formula is C24H30Br2ClN2NaO3. The first kappa shape index (κ1) is 30.6. The molecule has 5 nitrogen and oxygen atoms in total. The van der Waals surface area contributed by atoms with Crippen LogP contribution in [0.5, 0.6) is 0 Å². The van der Waals surface area contributed by atoms with Crippen molar-refractivity contribution in [1.29, 1.82) is 0 Å². The summed E-state index contributed by atoms with van der Waals surface area (Å²) in [5.74, 6) is 0.767. The summed E-state index contributed by atoms with van der Waals surface area (Å²) in [5, 5.41) is 2.79. The summed E-state index contributed by atoms with van der Waals surface area (Å²) in [6.07, 6.45) is 5.41. The average Bonchev–Trinajstić information content (AvgIpc) is 3.50. The van der Waals surface area contributed by atoms with Gasteiger partial charge in [-0.15, -0.1) is 11.6 Å². The van der Waals surface area contributed by atoms with Gasteiger partial charge in [-0.2, -0.15) is 0 Å². The summed E-state index contributed by atoms with van der Waals surface area (Å²) in [5.41, 5.74) is 1.82. The Hall–Kier alpha value is -0.410. The van der Waals surface area contributed by atoms with Gasteiger partial charge in [0.15, 0.2) is 0 Å². The molecule has 0 radical (unpaired) electrons. The number of nitrogens with zero attached hydrogens (tertiary/aromatic N) is 1. The molecule has 1 N–H and O–H groups in total. The topological polar surface area (TPSA) is 58.6 Å². The van der Waals surface area contributed by atoms with Gasteiger partial charge in [-0.1, -0.05) is 31.9 Å². The molecule has 2 heterocycles. The Labute approximate surface area is 242 Å². The van der Waals surface area contributed by atoms with Gasteiger partial charge in [0.2, 0.25) is 11.8 Å². The first-order chi connectivity index (χ1) is 15.5. The molecule has 4 rings (SSSR count). The van der Waals surface area contributed by atoms with Gasteiger partial charge in [0.1, 0.15) is 0 Å². The Morgan fingerprint density at radius 1 is 1.00 bits per heavy atom. The number of halogens is 3. The van der Waals surface area contributed by atoms with Crippen LogP contribution in [0.4, 0.5) is 11.4 Å². The molecular weight excluding hydrogens is 583 g/mol. The number of rotatable bonds is 5.